The number of nitrogens with one attached hydrogen (secondary N) is 1. The monoisotopic (exact) mass is 375 g/mol. The van der Waals surface area contributed by atoms with Gasteiger partial charge < -0.3 is 10.1 Å². The smallest absolute Gasteiger partial charge is 0.308 e. The summed E-state index contributed by atoms with van der Waals surface area (Å²) in [6.07, 6.45) is 2.77. The quantitative estimate of drug-likeness (QED) is 0.601. The molecule has 0 aromatic carbocycles. The van der Waals surface area contributed by atoms with Crippen LogP contribution in [0, 0.1) is 0 Å². The molecular weight excluding hydrogens is 358 g/mol. The predicted molar refractivity (Wildman–Crippen MR) is 94.5 cm³/mol. The van der Waals surface area contributed by atoms with Gasteiger partial charge in [-0.25, -0.2) is 4.98 Å². The molecule has 0 radical (unpaired) electrons. The first-order chi connectivity index (χ1) is 12.5. The van der Waals surface area contributed by atoms with Gasteiger partial charge >= 0.3 is 5.97 Å². The number of aryl methyl sites for hydroxylation is 2. The Balaban J connectivity index is 1.46. The molecular formula is C16H17N5O4S. The first-order valence-electron chi connectivity index (χ1n) is 7.86. The summed E-state index contributed by atoms with van der Waals surface area (Å²) in [6.45, 7) is 0.172. The number of carbonyl (C=O) groups is 2. The highest BCUT2D eigenvalue weighted by Gasteiger charge is 2.11. The van der Waals surface area contributed by atoms with E-state index in [-0.39, 0.29) is 31.0 Å². The molecule has 0 saturated heterocycles. The number of hydrogen-bond donors (Lipinski definition) is 1. The van der Waals surface area contributed by atoms with Crippen LogP contribution in [0.4, 0.5) is 0 Å². The summed E-state index contributed by atoms with van der Waals surface area (Å²) < 4.78 is 7.75. The van der Waals surface area contributed by atoms with E-state index < -0.39 is 5.97 Å². The number of fused-ring (bicyclic) bond motifs is 1. The number of amides is 1. The van der Waals surface area contributed by atoms with Gasteiger partial charge in [-0.15, -0.1) is 11.3 Å². The van der Waals surface area contributed by atoms with Crippen LogP contribution in [-0.2, 0) is 34.5 Å². The molecule has 3 aromatic rings. The van der Waals surface area contributed by atoms with Crippen molar-refractivity contribution < 1.29 is 14.3 Å². The highest BCUT2D eigenvalue weighted by Crippen LogP contribution is 2.07. The summed E-state index contributed by atoms with van der Waals surface area (Å²) in [5.74, 6) is -0.933. The average Bonchev–Trinajstić information content (AvgIpc) is 3.28. The molecule has 0 fully saturated rings. The minimum absolute atomic E-state index is 0.0362. The molecule has 0 saturated carbocycles. The zero-order chi connectivity index (χ0) is 18.5. The van der Waals surface area contributed by atoms with Gasteiger partial charge in [0.05, 0.1) is 25.5 Å². The summed E-state index contributed by atoms with van der Waals surface area (Å²) >= 11 is 1.53. The van der Waals surface area contributed by atoms with Crippen molar-refractivity contribution in [2.75, 3.05) is 6.61 Å². The summed E-state index contributed by atoms with van der Waals surface area (Å²) in [6, 6.07) is 3.80. The number of esters is 1. The third kappa shape index (κ3) is 4.14. The molecule has 1 N–H and O–H groups in total. The lowest BCUT2D eigenvalue weighted by Gasteiger charge is -2.07. The largest absolute Gasteiger partial charge is 0.456 e. The molecule has 9 nitrogen and oxygen atoms in total. The molecule has 0 aliphatic heterocycles. The van der Waals surface area contributed by atoms with E-state index in [2.05, 4.69) is 15.4 Å². The molecule has 26 heavy (non-hydrogen) atoms. The van der Waals surface area contributed by atoms with Gasteiger partial charge in [0, 0.05) is 18.5 Å². The third-order valence-corrected chi connectivity index (χ3v) is 4.56. The summed E-state index contributed by atoms with van der Waals surface area (Å²) in [7, 11) is 1.69. The minimum atomic E-state index is -0.561. The lowest BCUT2D eigenvalue weighted by Crippen LogP contribution is -2.28. The van der Waals surface area contributed by atoms with Gasteiger partial charge in [-0.05, 0) is 11.4 Å². The second kappa shape index (κ2) is 7.91. The van der Waals surface area contributed by atoms with E-state index in [4.69, 9.17) is 4.74 Å². The number of nitrogens with zero attached hydrogens (tertiary/aromatic N) is 4. The number of hydrogen-bond acceptors (Lipinski definition) is 7. The normalized spacial score (nSPS) is 10.8. The van der Waals surface area contributed by atoms with E-state index in [0.717, 1.165) is 4.88 Å². The van der Waals surface area contributed by atoms with Gasteiger partial charge in [-0.2, -0.15) is 5.10 Å². The van der Waals surface area contributed by atoms with Crippen molar-refractivity contribution in [3.8, 4) is 0 Å². The molecule has 10 heteroatoms. The molecule has 0 spiro atoms. The second-order valence-electron chi connectivity index (χ2n) is 5.52. The van der Waals surface area contributed by atoms with Crippen molar-refractivity contribution >= 4 is 34.2 Å². The van der Waals surface area contributed by atoms with E-state index in [1.807, 2.05) is 17.5 Å². The summed E-state index contributed by atoms with van der Waals surface area (Å²) in [4.78, 5) is 40.9. The van der Waals surface area contributed by atoms with Crippen LogP contribution < -0.4 is 10.9 Å². The van der Waals surface area contributed by atoms with Gasteiger partial charge in [-0.3, -0.25) is 23.6 Å². The van der Waals surface area contributed by atoms with Crippen molar-refractivity contribution in [2.45, 2.75) is 19.5 Å². The van der Waals surface area contributed by atoms with E-state index in [1.165, 1.54) is 33.1 Å². The predicted octanol–water partition coefficient (Wildman–Crippen LogP) is 0.441. The van der Waals surface area contributed by atoms with E-state index >= 15 is 0 Å². The van der Waals surface area contributed by atoms with Crippen LogP contribution in [0.5, 0.6) is 0 Å². The molecule has 0 bridgehead atoms. The van der Waals surface area contributed by atoms with Crippen LogP contribution in [0.2, 0.25) is 0 Å². The van der Waals surface area contributed by atoms with E-state index in [1.54, 1.807) is 7.05 Å². The fourth-order valence-corrected chi connectivity index (χ4v) is 2.95. The van der Waals surface area contributed by atoms with Gasteiger partial charge in [0.1, 0.15) is 5.39 Å². The van der Waals surface area contributed by atoms with Crippen molar-refractivity contribution in [1.29, 1.82) is 0 Å². The Kier molecular flexibility index (Phi) is 5.42. The lowest BCUT2D eigenvalue weighted by atomic mass is 10.4. The minimum Gasteiger partial charge on any atom is -0.456 e. The summed E-state index contributed by atoms with van der Waals surface area (Å²) in [5.41, 5.74) is 0.209. The number of aromatic nitrogens is 4. The third-order valence-electron chi connectivity index (χ3n) is 3.68. The zero-order valence-electron chi connectivity index (χ0n) is 14.0. The van der Waals surface area contributed by atoms with Crippen molar-refractivity contribution in [1.82, 2.24) is 24.6 Å². The van der Waals surface area contributed by atoms with Crippen LogP contribution in [-0.4, -0.2) is 37.8 Å². The lowest BCUT2D eigenvalue weighted by molar-refractivity contribution is -0.148. The second-order valence-corrected chi connectivity index (χ2v) is 6.55. The van der Waals surface area contributed by atoms with Crippen LogP contribution in [0.25, 0.3) is 11.0 Å². The Morgan fingerprint density at radius 1 is 1.38 bits per heavy atom. The van der Waals surface area contributed by atoms with Crippen LogP contribution in [0.3, 0.4) is 0 Å². The number of thiophene rings is 1. The first kappa shape index (κ1) is 17.8. The maximum atomic E-state index is 12.3. The molecule has 3 aromatic heterocycles. The Labute approximate surface area is 152 Å². The number of carbonyl (C=O) groups excluding carboxylic acids is 2. The van der Waals surface area contributed by atoms with Crippen LogP contribution in [0.1, 0.15) is 11.3 Å². The standard InChI is InChI=1S/C16H17N5O4S/c1-20-15-12(8-19-20)16(24)21(10-18-15)5-4-14(23)25-9-13(22)17-7-11-3-2-6-26-11/h2-3,6,8,10H,4-5,7,9H2,1H3,(H,17,22). The number of ether oxygens (including phenoxy) is 1. The average molecular weight is 375 g/mol. The van der Waals surface area contributed by atoms with Crippen molar-refractivity contribution in [3.63, 3.8) is 0 Å². The SMILES string of the molecule is Cn1ncc2c(=O)n(CCC(=O)OCC(=O)NCc3cccs3)cnc21. The topological polar surface area (TPSA) is 108 Å². The van der Waals surface area contributed by atoms with E-state index in [9.17, 15) is 14.4 Å². The van der Waals surface area contributed by atoms with Gasteiger partial charge in [0.15, 0.2) is 12.3 Å². The molecule has 0 aliphatic rings. The van der Waals surface area contributed by atoms with Gasteiger partial charge in [0.2, 0.25) is 0 Å². The molecule has 0 atom stereocenters. The Hall–Kier alpha value is -3.01. The van der Waals surface area contributed by atoms with Gasteiger partial charge in [0.25, 0.3) is 11.5 Å². The van der Waals surface area contributed by atoms with Crippen molar-refractivity contribution in [3.05, 3.63) is 45.3 Å². The van der Waals surface area contributed by atoms with Gasteiger partial charge in [-0.1, -0.05) is 6.07 Å². The molecule has 3 heterocycles. The maximum Gasteiger partial charge on any atom is 0.308 e. The molecule has 0 aliphatic carbocycles. The number of rotatable bonds is 7. The molecule has 3 rings (SSSR count). The first-order valence-corrected chi connectivity index (χ1v) is 8.74. The zero-order valence-corrected chi connectivity index (χ0v) is 14.9. The van der Waals surface area contributed by atoms with Crippen LogP contribution >= 0.6 is 11.3 Å². The Morgan fingerprint density at radius 2 is 2.23 bits per heavy atom. The van der Waals surface area contributed by atoms with E-state index in [0.29, 0.717) is 17.6 Å². The summed E-state index contributed by atoms with van der Waals surface area (Å²) in [5, 5.41) is 8.95. The highest BCUT2D eigenvalue weighted by molar-refractivity contribution is 7.09. The Morgan fingerprint density at radius 3 is 3.00 bits per heavy atom. The fraction of sp³-hybridized carbons (Fsp3) is 0.312. The Bertz CT molecular complexity index is 976. The van der Waals surface area contributed by atoms with Crippen LogP contribution in [0.15, 0.2) is 34.8 Å². The molecule has 136 valence electrons. The molecule has 1 amide bonds. The molecule has 0 unspecified atom stereocenters. The van der Waals surface area contributed by atoms with Crippen molar-refractivity contribution in [2.24, 2.45) is 7.05 Å². The highest BCUT2D eigenvalue weighted by atomic mass is 32.1. The fourth-order valence-electron chi connectivity index (χ4n) is 2.31. The maximum absolute atomic E-state index is 12.3.